The molecule has 0 aliphatic carbocycles. The van der Waals surface area contributed by atoms with Crippen LogP contribution in [0, 0.1) is 12.3 Å². The molecule has 0 unspecified atom stereocenters. The summed E-state index contributed by atoms with van der Waals surface area (Å²) in [7, 11) is 1.79. The Labute approximate surface area is 144 Å². The lowest BCUT2D eigenvalue weighted by molar-refractivity contribution is 0.0526. The van der Waals surface area contributed by atoms with Crippen LogP contribution in [-0.4, -0.2) is 31.8 Å². The minimum absolute atomic E-state index is 0.0797. The van der Waals surface area contributed by atoms with Gasteiger partial charge in [0.05, 0.1) is 29.7 Å². The van der Waals surface area contributed by atoms with Gasteiger partial charge in [-0.3, -0.25) is 10.4 Å². The number of nitrogens with zero attached hydrogens (tertiary/aromatic N) is 3. The lowest BCUT2D eigenvalue weighted by atomic mass is 10.2. The van der Waals surface area contributed by atoms with Gasteiger partial charge in [-0.2, -0.15) is 0 Å². The van der Waals surface area contributed by atoms with Crippen LogP contribution < -0.4 is 5.62 Å². The molecule has 0 bridgehead atoms. The van der Waals surface area contributed by atoms with E-state index in [4.69, 9.17) is 10.1 Å². The largest absolute Gasteiger partial charge is 0.506 e. The van der Waals surface area contributed by atoms with Gasteiger partial charge in [-0.25, -0.2) is 4.79 Å². The summed E-state index contributed by atoms with van der Waals surface area (Å²) in [5, 5.41) is 18.4. The molecule has 2 aromatic heterocycles. The molecule has 0 radical (unpaired) electrons. The molecule has 7 nitrogen and oxygen atoms in total. The van der Waals surface area contributed by atoms with Crippen LogP contribution in [-0.2, 0) is 18.3 Å². The number of hydrogen-bond acceptors (Lipinski definition) is 5. The second kappa shape index (κ2) is 6.43. The molecule has 0 aliphatic rings. The van der Waals surface area contributed by atoms with E-state index in [1.807, 2.05) is 6.92 Å². The Kier molecular flexibility index (Phi) is 4.31. The van der Waals surface area contributed by atoms with E-state index in [1.165, 1.54) is 0 Å². The quantitative estimate of drug-likeness (QED) is 0.711. The number of ether oxygens (including phenoxy) is 1. The average molecular weight is 340 g/mol. The van der Waals surface area contributed by atoms with Gasteiger partial charge in [0.15, 0.2) is 0 Å². The van der Waals surface area contributed by atoms with Crippen molar-refractivity contribution in [3.05, 3.63) is 52.9 Å². The van der Waals surface area contributed by atoms with Gasteiger partial charge in [0.1, 0.15) is 11.4 Å². The fraction of sp³-hybridized carbons (Fsp3) is 0.278. The summed E-state index contributed by atoms with van der Waals surface area (Å²) >= 11 is 0. The van der Waals surface area contributed by atoms with Crippen LogP contribution in [0.1, 0.15) is 28.7 Å². The number of aromatic hydroxyl groups is 1. The fourth-order valence-electron chi connectivity index (χ4n) is 2.80. The van der Waals surface area contributed by atoms with Crippen molar-refractivity contribution in [2.45, 2.75) is 20.4 Å². The number of pyridine rings is 1. The molecule has 0 aliphatic heterocycles. The predicted molar refractivity (Wildman–Crippen MR) is 92.5 cm³/mol. The van der Waals surface area contributed by atoms with Gasteiger partial charge in [-0.1, -0.05) is 0 Å². The summed E-state index contributed by atoms with van der Waals surface area (Å²) in [6.07, 6.45) is 0. The number of carbonyl (C=O) groups excluding carboxylic acids is 1. The number of aryl methyl sites for hydroxylation is 2. The zero-order chi connectivity index (χ0) is 18.1. The number of esters is 1. The minimum atomic E-state index is -0.400. The van der Waals surface area contributed by atoms with Crippen molar-refractivity contribution < 1.29 is 14.6 Å². The maximum Gasteiger partial charge on any atom is 0.338 e. The Bertz CT molecular complexity index is 1020. The van der Waals surface area contributed by atoms with Gasteiger partial charge >= 0.3 is 5.97 Å². The molecule has 130 valence electrons. The van der Waals surface area contributed by atoms with Gasteiger partial charge < -0.3 is 19.0 Å². The van der Waals surface area contributed by atoms with E-state index in [9.17, 15) is 9.90 Å². The molecular weight excluding hydrogens is 320 g/mol. The highest BCUT2D eigenvalue weighted by Crippen LogP contribution is 2.20. The number of benzene rings is 1. The Morgan fingerprint density at radius 2 is 2.04 bits per heavy atom. The molecule has 0 saturated heterocycles. The van der Waals surface area contributed by atoms with Gasteiger partial charge in [-0.15, -0.1) is 0 Å². The highest BCUT2D eigenvalue weighted by molar-refractivity contribution is 5.93. The van der Waals surface area contributed by atoms with Crippen LogP contribution in [0.5, 0.6) is 5.75 Å². The number of rotatable bonds is 4. The molecule has 25 heavy (non-hydrogen) atoms. The summed E-state index contributed by atoms with van der Waals surface area (Å²) in [4.78, 5) is 16.4. The molecule has 2 heterocycles. The van der Waals surface area contributed by atoms with Crippen LogP contribution in [0.3, 0.4) is 0 Å². The smallest absolute Gasteiger partial charge is 0.338 e. The molecule has 0 spiro atoms. The number of aromatic nitrogens is 3. The molecule has 7 heteroatoms. The number of fused-ring (bicyclic) bond motifs is 1. The second-order valence-corrected chi connectivity index (χ2v) is 5.81. The van der Waals surface area contributed by atoms with E-state index in [0.717, 1.165) is 11.2 Å². The third-order valence-corrected chi connectivity index (χ3v) is 4.11. The second-order valence-electron chi connectivity index (χ2n) is 5.81. The molecular formula is C18H20N4O3. The highest BCUT2D eigenvalue weighted by atomic mass is 16.5. The van der Waals surface area contributed by atoms with Crippen molar-refractivity contribution in [3.8, 4) is 5.75 Å². The molecule has 0 saturated carbocycles. The third-order valence-electron chi connectivity index (χ3n) is 4.11. The number of hydrogen-bond donors (Lipinski definition) is 2. The standard InChI is InChI=1S/C18H20N4O3/c1-4-25-17(24)12-6-7-14-15(9-12)22(18(19)21(14)3)10-13-16(23)8-5-11(2)20-13/h5-9,19,23H,4,10H2,1-3H3. The van der Waals surface area contributed by atoms with Crippen LogP contribution in [0.25, 0.3) is 11.0 Å². The van der Waals surface area contributed by atoms with Crippen molar-refractivity contribution in [3.63, 3.8) is 0 Å². The fourth-order valence-corrected chi connectivity index (χ4v) is 2.80. The lowest BCUT2D eigenvalue weighted by Gasteiger charge is -2.08. The predicted octanol–water partition coefficient (Wildman–Crippen LogP) is 2.09. The van der Waals surface area contributed by atoms with Crippen molar-refractivity contribution in [2.24, 2.45) is 7.05 Å². The minimum Gasteiger partial charge on any atom is -0.506 e. The maximum atomic E-state index is 12.0. The van der Waals surface area contributed by atoms with Gasteiger partial charge in [0, 0.05) is 12.7 Å². The third kappa shape index (κ3) is 3.00. The van der Waals surface area contributed by atoms with E-state index >= 15 is 0 Å². The van der Waals surface area contributed by atoms with Crippen LogP contribution in [0.2, 0.25) is 0 Å². The van der Waals surface area contributed by atoms with E-state index in [-0.39, 0.29) is 17.9 Å². The molecule has 2 N–H and O–H groups in total. The Morgan fingerprint density at radius 1 is 1.28 bits per heavy atom. The average Bonchev–Trinajstić information content (AvgIpc) is 2.83. The molecule has 0 atom stereocenters. The van der Waals surface area contributed by atoms with E-state index in [2.05, 4.69) is 4.98 Å². The normalized spacial score (nSPS) is 11.0. The van der Waals surface area contributed by atoms with Crippen molar-refractivity contribution >= 4 is 17.0 Å². The summed E-state index contributed by atoms with van der Waals surface area (Å²) in [6.45, 7) is 4.14. The van der Waals surface area contributed by atoms with Crippen LogP contribution in [0.15, 0.2) is 30.3 Å². The topological polar surface area (TPSA) is 93.1 Å². The first-order valence-electron chi connectivity index (χ1n) is 7.98. The highest BCUT2D eigenvalue weighted by Gasteiger charge is 2.15. The van der Waals surface area contributed by atoms with Gasteiger partial charge in [-0.05, 0) is 44.2 Å². The summed E-state index contributed by atoms with van der Waals surface area (Å²) < 4.78 is 8.48. The van der Waals surface area contributed by atoms with Crippen LogP contribution in [0.4, 0.5) is 0 Å². The Balaban J connectivity index is 2.14. The van der Waals surface area contributed by atoms with Crippen molar-refractivity contribution in [1.29, 1.82) is 5.41 Å². The summed E-state index contributed by atoms with van der Waals surface area (Å²) in [5.41, 5.74) is 3.46. The molecule has 3 aromatic rings. The van der Waals surface area contributed by atoms with E-state index < -0.39 is 5.97 Å². The maximum absolute atomic E-state index is 12.0. The molecule has 0 amide bonds. The van der Waals surface area contributed by atoms with Gasteiger partial charge in [0.25, 0.3) is 0 Å². The molecule has 3 rings (SSSR count). The zero-order valence-electron chi connectivity index (χ0n) is 14.4. The monoisotopic (exact) mass is 340 g/mol. The first-order chi connectivity index (χ1) is 11.9. The molecule has 1 aromatic carbocycles. The van der Waals surface area contributed by atoms with Crippen LogP contribution >= 0.6 is 0 Å². The summed E-state index contributed by atoms with van der Waals surface area (Å²) in [5.74, 6) is -0.320. The first-order valence-corrected chi connectivity index (χ1v) is 7.98. The van der Waals surface area contributed by atoms with E-state index in [1.54, 1.807) is 53.4 Å². The first kappa shape index (κ1) is 16.8. The van der Waals surface area contributed by atoms with Crippen molar-refractivity contribution in [1.82, 2.24) is 14.1 Å². The number of carbonyl (C=O) groups is 1. The number of imidazole rings is 1. The van der Waals surface area contributed by atoms with E-state index in [0.29, 0.717) is 23.4 Å². The molecule has 0 fully saturated rings. The van der Waals surface area contributed by atoms with Crippen molar-refractivity contribution in [2.75, 3.05) is 6.61 Å². The summed E-state index contributed by atoms with van der Waals surface area (Å²) in [6, 6.07) is 8.51. The zero-order valence-corrected chi connectivity index (χ0v) is 14.4. The lowest BCUT2D eigenvalue weighted by Crippen LogP contribution is -2.23. The van der Waals surface area contributed by atoms with Gasteiger partial charge in [0.2, 0.25) is 5.62 Å². The SMILES string of the molecule is CCOC(=O)c1ccc2c(c1)n(Cc1nc(C)ccc1O)c(=N)n2C. The number of nitrogens with one attached hydrogen (secondary N) is 1. The Morgan fingerprint density at radius 3 is 2.76 bits per heavy atom. The Hall–Kier alpha value is -3.09.